The molecular weight excluding hydrogens is 333 g/mol. The molecule has 1 N–H and O–H groups in total. The summed E-state index contributed by atoms with van der Waals surface area (Å²) >= 11 is 0. The maximum Gasteiger partial charge on any atom is 0.416 e. The van der Waals surface area contributed by atoms with E-state index >= 15 is 0 Å². The third-order valence-electron chi connectivity index (χ3n) is 3.62. The van der Waals surface area contributed by atoms with Crippen molar-refractivity contribution in [2.45, 2.75) is 19.6 Å². The van der Waals surface area contributed by atoms with Crippen LogP contribution in [0.3, 0.4) is 0 Å². The van der Waals surface area contributed by atoms with Gasteiger partial charge in [0.1, 0.15) is 0 Å². The number of hydrogen-bond donors (Lipinski definition) is 1. The van der Waals surface area contributed by atoms with Crippen molar-refractivity contribution >= 4 is 17.5 Å². The second kappa shape index (κ2) is 7.38. The van der Waals surface area contributed by atoms with Crippen molar-refractivity contribution in [3.05, 3.63) is 65.2 Å². The minimum atomic E-state index is -4.44. The van der Waals surface area contributed by atoms with Gasteiger partial charge in [-0.15, -0.1) is 0 Å². The number of hydrogen-bond acceptors (Lipinski definition) is 2. The van der Waals surface area contributed by atoms with Crippen LogP contribution < -0.4 is 5.32 Å². The summed E-state index contributed by atoms with van der Waals surface area (Å²) in [6, 6.07) is 10.9. The lowest BCUT2D eigenvalue weighted by Gasteiger charge is -2.15. The molecule has 0 fully saturated rings. The van der Waals surface area contributed by atoms with Gasteiger partial charge in [0.25, 0.3) is 5.91 Å². The monoisotopic (exact) mass is 350 g/mol. The van der Waals surface area contributed by atoms with E-state index in [2.05, 4.69) is 5.32 Å². The van der Waals surface area contributed by atoms with Crippen LogP contribution in [0.15, 0.2) is 48.5 Å². The lowest BCUT2D eigenvalue weighted by molar-refractivity contribution is -0.137. The molecule has 0 unspecified atom stereocenters. The molecule has 7 heteroatoms. The Morgan fingerprint density at radius 3 is 2.28 bits per heavy atom. The maximum absolute atomic E-state index is 12.5. The highest BCUT2D eigenvalue weighted by atomic mass is 19.4. The highest BCUT2D eigenvalue weighted by molar-refractivity contribution is 6.04. The normalized spacial score (nSPS) is 11.1. The van der Waals surface area contributed by atoms with Crippen molar-refractivity contribution < 1.29 is 22.8 Å². The molecule has 25 heavy (non-hydrogen) atoms. The van der Waals surface area contributed by atoms with Gasteiger partial charge in [0.15, 0.2) is 0 Å². The number of carbonyl (C=O) groups excluding carboxylic acids is 2. The fourth-order valence-electron chi connectivity index (χ4n) is 2.15. The van der Waals surface area contributed by atoms with Gasteiger partial charge in [-0.3, -0.25) is 9.59 Å². The van der Waals surface area contributed by atoms with E-state index in [1.807, 2.05) is 6.07 Å². The summed E-state index contributed by atoms with van der Waals surface area (Å²) in [7, 11) is 1.66. The van der Waals surface area contributed by atoms with E-state index in [0.717, 1.165) is 29.8 Å². The SMILES string of the molecule is CC(=O)N(C)Cc1cccc(NC(=O)c2ccc(C(F)(F)F)cc2)c1. The first-order valence-corrected chi connectivity index (χ1v) is 7.46. The van der Waals surface area contributed by atoms with Crippen molar-refractivity contribution in [2.24, 2.45) is 0 Å². The minimum Gasteiger partial charge on any atom is -0.342 e. The first-order valence-electron chi connectivity index (χ1n) is 7.46. The number of nitrogens with one attached hydrogen (secondary N) is 1. The highest BCUT2D eigenvalue weighted by Gasteiger charge is 2.30. The molecule has 2 aromatic rings. The number of anilines is 1. The third kappa shape index (κ3) is 5.07. The van der Waals surface area contributed by atoms with E-state index in [-0.39, 0.29) is 11.5 Å². The zero-order chi connectivity index (χ0) is 18.6. The van der Waals surface area contributed by atoms with Gasteiger partial charge in [0, 0.05) is 31.8 Å². The van der Waals surface area contributed by atoms with E-state index < -0.39 is 17.6 Å². The molecule has 0 aliphatic carbocycles. The molecule has 2 aromatic carbocycles. The first-order chi connectivity index (χ1) is 11.7. The number of halogens is 3. The van der Waals surface area contributed by atoms with Gasteiger partial charge in [0.05, 0.1) is 5.56 Å². The van der Waals surface area contributed by atoms with Crippen molar-refractivity contribution in [3.63, 3.8) is 0 Å². The average molecular weight is 350 g/mol. The number of nitrogens with zero attached hydrogens (tertiary/aromatic N) is 1. The Morgan fingerprint density at radius 1 is 1.08 bits per heavy atom. The third-order valence-corrected chi connectivity index (χ3v) is 3.62. The standard InChI is InChI=1S/C18H17F3N2O2/c1-12(24)23(2)11-13-4-3-5-16(10-13)22-17(25)14-6-8-15(9-7-14)18(19,20)21/h3-10H,11H2,1-2H3,(H,22,25). The quantitative estimate of drug-likeness (QED) is 0.908. The van der Waals surface area contributed by atoms with Gasteiger partial charge >= 0.3 is 6.18 Å². The van der Waals surface area contributed by atoms with Crippen LogP contribution in [0.25, 0.3) is 0 Å². The fraction of sp³-hybridized carbons (Fsp3) is 0.222. The smallest absolute Gasteiger partial charge is 0.342 e. The Hall–Kier alpha value is -2.83. The summed E-state index contributed by atoms with van der Waals surface area (Å²) in [5.41, 5.74) is 0.639. The molecule has 0 spiro atoms. The predicted molar refractivity (Wildman–Crippen MR) is 88.0 cm³/mol. The summed E-state index contributed by atoms with van der Waals surface area (Å²) < 4.78 is 37.6. The summed E-state index contributed by atoms with van der Waals surface area (Å²) in [4.78, 5) is 25.0. The molecule has 132 valence electrons. The summed E-state index contributed by atoms with van der Waals surface area (Å²) in [5, 5.41) is 2.64. The molecule has 0 atom stereocenters. The molecule has 0 aromatic heterocycles. The molecule has 4 nitrogen and oxygen atoms in total. The predicted octanol–water partition coefficient (Wildman–Crippen LogP) is 3.94. The summed E-state index contributed by atoms with van der Waals surface area (Å²) in [6.45, 7) is 1.84. The van der Waals surface area contributed by atoms with Crippen LogP contribution in [0.4, 0.5) is 18.9 Å². The van der Waals surface area contributed by atoms with Gasteiger partial charge in [-0.25, -0.2) is 0 Å². The fourth-order valence-corrected chi connectivity index (χ4v) is 2.15. The van der Waals surface area contributed by atoms with Crippen LogP contribution in [0.5, 0.6) is 0 Å². The Kier molecular flexibility index (Phi) is 5.46. The van der Waals surface area contributed by atoms with E-state index in [1.165, 1.54) is 11.8 Å². The van der Waals surface area contributed by atoms with Crippen molar-refractivity contribution in [1.29, 1.82) is 0 Å². The Balaban J connectivity index is 2.09. The Bertz CT molecular complexity index is 771. The van der Waals surface area contributed by atoms with Gasteiger partial charge in [-0.1, -0.05) is 12.1 Å². The molecule has 0 aliphatic rings. The number of carbonyl (C=O) groups is 2. The maximum atomic E-state index is 12.5. The van der Waals surface area contributed by atoms with E-state index in [0.29, 0.717) is 12.2 Å². The minimum absolute atomic E-state index is 0.0841. The summed E-state index contributed by atoms with van der Waals surface area (Å²) in [6.07, 6.45) is -4.44. The van der Waals surface area contributed by atoms with Crippen molar-refractivity contribution in [3.8, 4) is 0 Å². The van der Waals surface area contributed by atoms with Crippen molar-refractivity contribution in [2.75, 3.05) is 12.4 Å². The molecule has 2 amide bonds. The van der Waals surface area contributed by atoms with E-state index in [1.54, 1.807) is 25.2 Å². The lowest BCUT2D eigenvalue weighted by atomic mass is 10.1. The van der Waals surface area contributed by atoms with Crippen LogP contribution >= 0.6 is 0 Å². The van der Waals surface area contributed by atoms with Crippen LogP contribution in [-0.4, -0.2) is 23.8 Å². The molecule has 0 heterocycles. The van der Waals surface area contributed by atoms with Crippen LogP contribution in [0.1, 0.15) is 28.4 Å². The van der Waals surface area contributed by atoms with Crippen LogP contribution in [0, 0.1) is 0 Å². The zero-order valence-electron chi connectivity index (χ0n) is 13.7. The molecular formula is C18H17F3N2O2. The van der Waals surface area contributed by atoms with Crippen LogP contribution in [-0.2, 0) is 17.5 Å². The molecule has 0 saturated heterocycles. The van der Waals surface area contributed by atoms with E-state index in [4.69, 9.17) is 0 Å². The van der Waals surface area contributed by atoms with Gasteiger partial charge < -0.3 is 10.2 Å². The summed E-state index contributed by atoms with van der Waals surface area (Å²) in [5.74, 6) is -0.593. The topological polar surface area (TPSA) is 49.4 Å². The van der Waals surface area contributed by atoms with Gasteiger partial charge in [0.2, 0.25) is 5.91 Å². The van der Waals surface area contributed by atoms with Gasteiger partial charge in [-0.2, -0.15) is 13.2 Å². The van der Waals surface area contributed by atoms with Crippen LogP contribution in [0.2, 0.25) is 0 Å². The highest BCUT2D eigenvalue weighted by Crippen LogP contribution is 2.29. The molecule has 0 radical (unpaired) electrons. The Labute approximate surface area is 143 Å². The second-order valence-corrected chi connectivity index (χ2v) is 5.60. The lowest BCUT2D eigenvalue weighted by Crippen LogP contribution is -2.23. The largest absolute Gasteiger partial charge is 0.416 e. The first kappa shape index (κ1) is 18.5. The molecule has 0 bridgehead atoms. The number of alkyl halides is 3. The van der Waals surface area contributed by atoms with Crippen molar-refractivity contribution in [1.82, 2.24) is 4.90 Å². The molecule has 2 rings (SSSR count). The molecule has 0 aliphatic heterocycles. The number of rotatable bonds is 4. The average Bonchev–Trinajstić information content (AvgIpc) is 2.54. The molecule has 0 saturated carbocycles. The zero-order valence-corrected chi connectivity index (χ0v) is 13.7. The number of amides is 2. The number of benzene rings is 2. The Morgan fingerprint density at radius 2 is 1.72 bits per heavy atom. The van der Waals surface area contributed by atoms with Gasteiger partial charge in [-0.05, 0) is 42.0 Å². The van der Waals surface area contributed by atoms with E-state index in [9.17, 15) is 22.8 Å². The second-order valence-electron chi connectivity index (χ2n) is 5.60.